The molecule has 1 rings (SSSR count). The molecule has 12 heavy (non-hydrogen) atoms. The monoisotopic (exact) mass is 202 g/mol. The molecule has 0 saturated heterocycles. The number of hydrogen-bond donors (Lipinski definition) is 1. The number of nitrogen functional groups attached to an aromatic ring is 1. The summed E-state index contributed by atoms with van der Waals surface area (Å²) in [5.74, 6) is 0. The standard InChI is InChI=1S/C8H11ClN2S/c1-5(2)12-8-7(9)3-6(10)4-11-8/h3-5H,10H2,1-2H3. The van der Waals surface area contributed by atoms with Gasteiger partial charge in [0.2, 0.25) is 0 Å². The highest BCUT2D eigenvalue weighted by molar-refractivity contribution is 7.99. The lowest BCUT2D eigenvalue weighted by Gasteiger charge is -2.05. The van der Waals surface area contributed by atoms with Gasteiger partial charge in [0, 0.05) is 5.25 Å². The minimum absolute atomic E-state index is 0.485. The summed E-state index contributed by atoms with van der Waals surface area (Å²) in [6, 6.07) is 1.72. The molecule has 66 valence electrons. The maximum Gasteiger partial charge on any atom is 0.115 e. The first-order valence-corrected chi connectivity index (χ1v) is 4.93. The lowest BCUT2D eigenvalue weighted by molar-refractivity contribution is 1.07. The van der Waals surface area contributed by atoms with Crippen LogP contribution >= 0.6 is 23.4 Å². The zero-order valence-electron chi connectivity index (χ0n) is 7.04. The van der Waals surface area contributed by atoms with E-state index in [-0.39, 0.29) is 0 Å². The normalized spacial score (nSPS) is 10.7. The van der Waals surface area contributed by atoms with Gasteiger partial charge in [-0.2, -0.15) is 0 Å². The van der Waals surface area contributed by atoms with Gasteiger partial charge >= 0.3 is 0 Å². The van der Waals surface area contributed by atoms with Crippen molar-refractivity contribution >= 4 is 29.1 Å². The summed E-state index contributed by atoms with van der Waals surface area (Å²) >= 11 is 7.55. The molecule has 4 heteroatoms. The summed E-state index contributed by atoms with van der Waals surface area (Å²) < 4.78 is 0. The summed E-state index contributed by atoms with van der Waals surface area (Å²) in [4.78, 5) is 4.12. The highest BCUT2D eigenvalue weighted by Gasteiger charge is 2.04. The SMILES string of the molecule is CC(C)Sc1ncc(N)cc1Cl. The second-order valence-corrected chi connectivity index (χ2v) is 4.69. The molecule has 0 aliphatic carbocycles. The number of nitrogens with zero attached hydrogens (tertiary/aromatic N) is 1. The lowest BCUT2D eigenvalue weighted by Crippen LogP contribution is -1.92. The van der Waals surface area contributed by atoms with Crippen molar-refractivity contribution in [1.29, 1.82) is 0 Å². The second kappa shape index (κ2) is 4.01. The van der Waals surface area contributed by atoms with Crippen LogP contribution in [0.15, 0.2) is 17.3 Å². The largest absolute Gasteiger partial charge is 0.397 e. The van der Waals surface area contributed by atoms with E-state index in [0.717, 1.165) is 5.03 Å². The van der Waals surface area contributed by atoms with Crippen molar-refractivity contribution in [2.24, 2.45) is 0 Å². The van der Waals surface area contributed by atoms with Crippen molar-refractivity contribution in [2.75, 3.05) is 5.73 Å². The van der Waals surface area contributed by atoms with Crippen molar-refractivity contribution in [3.05, 3.63) is 17.3 Å². The van der Waals surface area contributed by atoms with E-state index in [1.54, 1.807) is 24.0 Å². The number of hydrogen-bond acceptors (Lipinski definition) is 3. The van der Waals surface area contributed by atoms with Gasteiger partial charge in [0.25, 0.3) is 0 Å². The Labute approximate surface area is 81.5 Å². The summed E-state index contributed by atoms with van der Waals surface area (Å²) in [6.45, 7) is 4.19. The molecule has 2 nitrogen and oxygen atoms in total. The van der Waals surface area contributed by atoms with E-state index < -0.39 is 0 Å². The highest BCUT2D eigenvalue weighted by Crippen LogP contribution is 2.28. The third-order valence-corrected chi connectivity index (χ3v) is 2.60. The molecule has 0 amide bonds. The van der Waals surface area contributed by atoms with Crippen molar-refractivity contribution < 1.29 is 0 Å². The van der Waals surface area contributed by atoms with E-state index in [0.29, 0.717) is 16.0 Å². The minimum atomic E-state index is 0.485. The Balaban J connectivity index is 2.86. The van der Waals surface area contributed by atoms with Crippen molar-refractivity contribution in [1.82, 2.24) is 4.98 Å². The quantitative estimate of drug-likeness (QED) is 0.750. The van der Waals surface area contributed by atoms with Crippen LogP contribution in [0.4, 0.5) is 5.69 Å². The van der Waals surface area contributed by atoms with Crippen molar-refractivity contribution in [2.45, 2.75) is 24.1 Å². The number of nitrogens with two attached hydrogens (primary N) is 1. The van der Waals surface area contributed by atoms with Crippen LogP contribution in [-0.4, -0.2) is 10.2 Å². The van der Waals surface area contributed by atoms with Crippen molar-refractivity contribution in [3.8, 4) is 0 Å². The maximum atomic E-state index is 5.91. The molecule has 0 aromatic carbocycles. The van der Waals surface area contributed by atoms with E-state index in [1.165, 1.54) is 0 Å². The Morgan fingerprint density at radius 2 is 2.25 bits per heavy atom. The Kier molecular flexibility index (Phi) is 3.23. The van der Waals surface area contributed by atoms with Crippen LogP contribution in [-0.2, 0) is 0 Å². The number of halogens is 1. The fourth-order valence-electron chi connectivity index (χ4n) is 0.750. The van der Waals surface area contributed by atoms with E-state index >= 15 is 0 Å². The van der Waals surface area contributed by atoms with Gasteiger partial charge in [-0.25, -0.2) is 4.98 Å². The lowest BCUT2D eigenvalue weighted by atomic mass is 10.4. The van der Waals surface area contributed by atoms with Crippen LogP contribution in [0, 0.1) is 0 Å². The molecule has 0 atom stereocenters. The van der Waals surface area contributed by atoms with Crippen LogP contribution in [0.3, 0.4) is 0 Å². The van der Waals surface area contributed by atoms with E-state index in [1.807, 2.05) is 0 Å². The van der Waals surface area contributed by atoms with E-state index in [4.69, 9.17) is 17.3 Å². The molecule has 1 heterocycles. The molecule has 0 aliphatic rings. The zero-order chi connectivity index (χ0) is 9.14. The average molecular weight is 203 g/mol. The highest BCUT2D eigenvalue weighted by atomic mass is 35.5. The number of thioether (sulfide) groups is 1. The fourth-order valence-corrected chi connectivity index (χ4v) is 1.79. The summed E-state index contributed by atoms with van der Waals surface area (Å²) in [7, 11) is 0. The molecule has 0 aliphatic heterocycles. The summed E-state index contributed by atoms with van der Waals surface area (Å²) in [5, 5.41) is 1.97. The molecular formula is C8H11ClN2S. The number of aromatic nitrogens is 1. The molecule has 0 spiro atoms. The van der Waals surface area contributed by atoms with Gasteiger partial charge in [-0.3, -0.25) is 0 Å². The number of pyridine rings is 1. The Morgan fingerprint density at radius 1 is 1.58 bits per heavy atom. The van der Waals surface area contributed by atoms with Crippen LogP contribution in [0.5, 0.6) is 0 Å². The maximum absolute atomic E-state index is 5.91. The first kappa shape index (κ1) is 9.68. The van der Waals surface area contributed by atoms with Gasteiger partial charge in [-0.1, -0.05) is 25.4 Å². The third kappa shape index (κ3) is 2.57. The van der Waals surface area contributed by atoms with Crippen LogP contribution in [0.2, 0.25) is 5.02 Å². The summed E-state index contributed by atoms with van der Waals surface area (Å²) in [6.07, 6.45) is 1.62. The van der Waals surface area contributed by atoms with Gasteiger partial charge in [-0.05, 0) is 6.07 Å². The van der Waals surface area contributed by atoms with Gasteiger partial charge in [0.15, 0.2) is 0 Å². The Hall–Kier alpha value is -0.410. The molecule has 1 aromatic heterocycles. The van der Waals surface area contributed by atoms with Crippen LogP contribution in [0.25, 0.3) is 0 Å². The van der Waals surface area contributed by atoms with Crippen molar-refractivity contribution in [3.63, 3.8) is 0 Å². The van der Waals surface area contributed by atoms with Gasteiger partial charge in [0.1, 0.15) is 5.03 Å². The van der Waals surface area contributed by atoms with E-state index in [2.05, 4.69) is 18.8 Å². The molecule has 0 radical (unpaired) electrons. The van der Waals surface area contributed by atoms with E-state index in [9.17, 15) is 0 Å². The first-order valence-electron chi connectivity index (χ1n) is 3.67. The molecule has 0 bridgehead atoms. The van der Waals surface area contributed by atoms with Crippen LogP contribution < -0.4 is 5.73 Å². The molecular weight excluding hydrogens is 192 g/mol. The summed E-state index contributed by atoms with van der Waals surface area (Å²) in [5.41, 5.74) is 6.11. The molecule has 2 N–H and O–H groups in total. The Morgan fingerprint density at radius 3 is 2.75 bits per heavy atom. The van der Waals surface area contributed by atoms with Gasteiger partial charge < -0.3 is 5.73 Å². The topological polar surface area (TPSA) is 38.9 Å². The zero-order valence-corrected chi connectivity index (χ0v) is 8.62. The third-order valence-electron chi connectivity index (χ3n) is 1.18. The molecule has 0 saturated carbocycles. The second-order valence-electron chi connectivity index (χ2n) is 2.72. The predicted octanol–water partition coefficient (Wildman–Crippen LogP) is 2.82. The fraction of sp³-hybridized carbons (Fsp3) is 0.375. The average Bonchev–Trinajstić information content (AvgIpc) is 1.94. The van der Waals surface area contributed by atoms with Crippen LogP contribution in [0.1, 0.15) is 13.8 Å². The smallest absolute Gasteiger partial charge is 0.115 e. The number of rotatable bonds is 2. The molecule has 0 fully saturated rings. The molecule has 0 unspecified atom stereocenters. The predicted molar refractivity (Wildman–Crippen MR) is 54.7 cm³/mol. The minimum Gasteiger partial charge on any atom is -0.397 e. The molecule has 1 aromatic rings. The Bertz CT molecular complexity index is 276. The van der Waals surface area contributed by atoms with Gasteiger partial charge in [0.05, 0.1) is 16.9 Å². The van der Waals surface area contributed by atoms with Gasteiger partial charge in [-0.15, -0.1) is 11.8 Å². The first-order chi connectivity index (χ1) is 5.59. The number of anilines is 1.